The molecule has 3 aromatic rings. The Balaban J connectivity index is 1.96. The van der Waals surface area contributed by atoms with Gasteiger partial charge in [-0.15, -0.1) is 0 Å². The van der Waals surface area contributed by atoms with E-state index in [1.165, 1.54) is 14.2 Å². The van der Waals surface area contributed by atoms with Crippen LogP contribution in [0.5, 0.6) is 11.5 Å². The number of ether oxygens (including phenoxy) is 2. The van der Waals surface area contributed by atoms with E-state index < -0.39 is 0 Å². The number of aryl methyl sites for hydroxylation is 1. The highest BCUT2D eigenvalue weighted by Gasteiger charge is 2.20. The fraction of sp³-hybridized carbons (Fsp3) is 0.174. The highest BCUT2D eigenvalue weighted by molar-refractivity contribution is 6.32. The Labute approximate surface area is 170 Å². The first-order chi connectivity index (χ1) is 13.5. The molecule has 0 spiro atoms. The van der Waals surface area contributed by atoms with Crippen molar-refractivity contribution < 1.29 is 14.3 Å². The number of hydrogen-bond donors (Lipinski definition) is 1. The molecule has 1 unspecified atom stereocenters. The molecule has 1 N–H and O–H groups in total. The molecule has 0 aliphatic carbocycles. The summed E-state index contributed by atoms with van der Waals surface area (Å²) < 4.78 is 10.5. The fourth-order valence-electron chi connectivity index (χ4n) is 3.03. The van der Waals surface area contributed by atoms with E-state index in [9.17, 15) is 4.79 Å². The predicted molar refractivity (Wildman–Crippen MR) is 111 cm³/mol. The molecular formula is C23H22ClNO3. The van der Waals surface area contributed by atoms with Crippen LogP contribution in [0.4, 0.5) is 0 Å². The molecule has 3 rings (SSSR count). The smallest absolute Gasteiger partial charge is 0.252 e. The van der Waals surface area contributed by atoms with E-state index in [0.29, 0.717) is 22.1 Å². The normalized spacial score (nSPS) is 11.6. The molecule has 5 heteroatoms. The fourth-order valence-corrected chi connectivity index (χ4v) is 3.31. The van der Waals surface area contributed by atoms with Crippen LogP contribution in [0.25, 0.3) is 0 Å². The van der Waals surface area contributed by atoms with Gasteiger partial charge in [0.2, 0.25) is 0 Å². The number of halogens is 1. The molecule has 3 aromatic carbocycles. The van der Waals surface area contributed by atoms with E-state index in [0.717, 1.165) is 16.7 Å². The molecule has 0 aliphatic rings. The third kappa shape index (κ3) is 4.29. The first-order valence-corrected chi connectivity index (χ1v) is 9.25. The van der Waals surface area contributed by atoms with Gasteiger partial charge in [0.15, 0.2) is 11.5 Å². The van der Waals surface area contributed by atoms with E-state index >= 15 is 0 Å². The SMILES string of the molecule is COc1cc(C(=O)NC(c2ccccc2)c2ccc(C)cc2)cc(Cl)c1OC. The molecule has 144 valence electrons. The minimum absolute atomic E-state index is 0.253. The summed E-state index contributed by atoms with van der Waals surface area (Å²) in [6.45, 7) is 2.03. The molecular weight excluding hydrogens is 374 g/mol. The van der Waals surface area contributed by atoms with Gasteiger partial charge in [-0.2, -0.15) is 0 Å². The zero-order chi connectivity index (χ0) is 20.1. The Hall–Kier alpha value is -2.98. The van der Waals surface area contributed by atoms with E-state index in [4.69, 9.17) is 21.1 Å². The number of nitrogens with one attached hydrogen (secondary N) is 1. The third-order valence-electron chi connectivity index (χ3n) is 4.51. The number of amides is 1. The maximum Gasteiger partial charge on any atom is 0.252 e. The van der Waals surface area contributed by atoms with Crippen LogP contribution in [-0.2, 0) is 0 Å². The Morgan fingerprint density at radius 3 is 2.18 bits per heavy atom. The monoisotopic (exact) mass is 395 g/mol. The van der Waals surface area contributed by atoms with Gasteiger partial charge in [-0.1, -0.05) is 71.8 Å². The summed E-state index contributed by atoms with van der Waals surface area (Å²) in [6, 6.07) is 20.9. The zero-order valence-electron chi connectivity index (χ0n) is 16.0. The molecule has 0 fully saturated rings. The van der Waals surface area contributed by atoms with Crippen LogP contribution in [0.2, 0.25) is 5.02 Å². The average molecular weight is 396 g/mol. The van der Waals surface area contributed by atoms with Gasteiger partial charge in [-0.05, 0) is 30.2 Å². The lowest BCUT2D eigenvalue weighted by Gasteiger charge is -2.21. The predicted octanol–water partition coefficient (Wildman–Crippen LogP) is 5.19. The Morgan fingerprint density at radius 2 is 1.57 bits per heavy atom. The van der Waals surface area contributed by atoms with Crippen molar-refractivity contribution in [2.75, 3.05) is 14.2 Å². The Kier molecular flexibility index (Phi) is 6.22. The molecule has 0 saturated carbocycles. The van der Waals surface area contributed by atoms with E-state index in [1.807, 2.05) is 61.5 Å². The molecule has 0 heterocycles. The van der Waals surface area contributed by atoms with Crippen molar-refractivity contribution in [2.45, 2.75) is 13.0 Å². The topological polar surface area (TPSA) is 47.6 Å². The van der Waals surface area contributed by atoms with E-state index in [2.05, 4.69) is 5.32 Å². The minimum atomic E-state index is -0.291. The van der Waals surface area contributed by atoms with Crippen molar-refractivity contribution in [3.05, 3.63) is 94.0 Å². The minimum Gasteiger partial charge on any atom is -0.493 e. The van der Waals surface area contributed by atoms with Crippen LogP contribution in [0, 0.1) is 6.92 Å². The van der Waals surface area contributed by atoms with Crippen LogP contribution in [0.15, 0.2) is 66.7 Å². The number of carbonyl (C=O) groups excluding carboxylic acids is 1. The summed E-state index contributed by atoms with van der Waals surface area (Å²) >= 11 is 6.26. The molecule has 28 heavy (non-hydrogen) atoms. The second kappa shape index (κ2) is 8.81. The lowest BCUT2D eigenvalue weighted by atomic mass is 9.97. The van der Waals surface area contributed by atoms with Crippen LogP contribution in [-0.4, -0.2) is 20.1 Å². The van der Waals surface area contributed by atoms with Crippen molar-refractivity contribution >= 4 is 17.5 Å². The van der Waals surface area contributed by atoms with Gasteiger partial charge >= 0.3 is 0 Å². The van der Waals surface area contributed by atoms with Crippen LogP contribution in [0.1, 0.15) is 33.1 Å². The number of rotatable bonds is 6. The summed E-state index contributed by atoms with van der Waals surface area (Å²) in [5.41, 5.74) is 3.55. The Bertz CT molecular complexity index is 956. The largest absolute Gasteiger partial charge is 0.493 e. The van der Waals surface area contributed by atoms with Crippen molar-refractivity contribution in [3.63, 3.8) is 0 Å². The third-order valence-corrected chi connectivity index (χ3v) is 4.80. The first kappa shape index (κ1) is 19.8. The molecule has 0 bridgehead atoms. The number of methoxy groups -OCH3 is 2. The van der Waals surface area contributed by atoms with Crippen molar-refractivity contribution in [1.29, 1.82) is 0 Å². The van der Waals surface area contributed by atoms with Gasteiger partial charge < -0.3 is 14.8 Å². The quantitative estimate of drug-likeness (QED) is 0.625. The second-order valence-corrected chi connectivity index (χ2v) is 6.83. The van der Waals surface area contributed by atoms with Crippen LogP contribution in [0.3, 0.4) is 0 Å². The molecule has 4 nitrogen and oxygen atoms in total. The molecule has 0 saturated heterocycles. The molecule has 1 atom stereocenters. The summed E-state index contributed by atoms with van der Waals surface area (Å²) in [4.78, 5) is 13.0. The van der Waals surface area contributed by atoms with Gasteiger partial charge in [-0.3, -0.25) is 4.79 Å². The molecule has 1 amide bonds. The van der Waals surface area contributed by atoms with Gasteiger partial charge in [-0.25, -0.2) is 0 Å². The van der Waals surface area contributed by atoms with Gasteiger partial charge in [0.25, 0.3) is 5.91 Å². The Morgan fingerprint density at radius 1 is 0.929 bits per heavy atom. The zero-order valence-corrected chi connectivity index (χ0v) is 16.8. The average Bonchev–Trinajstić information content (AvgIpc) is 2.72. The van der Waals surface area contributed by atoms with Gasteiger partial charge in [0.1, 0.15) is 0 Å². The number of carbonyl (C=O) groups is 1. The lowest BCUT2D eigenvalue weighted by molar-refractivity contribution is 0.0942. The standard InChI is InChI=1S/C23H22ClNO3/c1-15-9-11-17(12-10-15)21(16-7-5-4-6-8-16)25-23(26)18-13-19(24)22(28-3)20(14-18)27-2/h4-14,21H,1-3H3,(H,25,26). The second-order valence-electron chi connectivity index (χ2n) is 6.42. The van der Waals surface area contributed by atoms with E-state index in [1.54, 1.807) is 12.1 Å². The highest BCUT2D eigenvalue weighted by atomic mass is 35.5. The maximum absolute atomic E-state index is 13.0. The summed E-state index contributed by atoms with van der Waals surface area (Å²) in [5.74, 6) is 0.558. The van der Waals surface area contributed by atoms with Crippen molar-refractivity contribution in [1.82, 2.24) is 5.32 Å². The van der Waals surface area contributed by atoms with Crippen LogP contribution >= 0.6 is 11.6 Å². The summed E-state index contributed by atoms with van der Waals surface area (Å²) in [5, 5.41) is 3.43. The molecule has 0 aromatic heterocycles. The maximum atomic E-state index is 13.0. The van der Waals surface area contributed by atoms with Gasteiger partial charge in [0.05, 0.1) is 25.3 Å². The summed E-state index contributed by atoms with van der Waals surface area (Å²) in [7, 11) is 3.02. The first-order valence-electron chi connectivity index (χ1n) is 8.87. The van der Waals surface area contributed by atoms with Crippen LogP contribution < -0.4 is 14.8 Å². The number of benzene rings is 3. The lowest BCUT2D eigenvalue weighted by Crippen LogP contribution is -2.29. The van der Waals surface area contributed by atoms with Crippen molar-refractivity contribution in [3.8, 4) is 11.5 Å². The van der Waals surface area contributed by atoms with Crippen molar-refractivity contribution in [2.24, 2.45) is 0 Å². The van der Waals surface area contributed by atoms with Gasteiger partial charge in [0, 0.05) is 5.56 Å². The molecule has 0 radical (unpaired) electrons. The summed E-state index contributed by atoms with van der Waals surface area (Å²) in [6.07, 6.45) is 0. The molecule has 0 aliphatic heterocycles. The van der Waals surface area contributed by atoms with E-state index in [-0.39, 0.29) is 11.9 Å². The highest BCUT2D eigenvalue weighted by Crippen LogP contribution is 2.36. The number of hydrogen-bond acceptors (Lipinski definition) is 3.